The predicted molar refractivity (Wildman–Crippen MR) is 112 cm³/mol. The number of anilines is 3. The Bertz CT molecular complexity index is 902. The molecule has 0 bridgehead atoms. The number of benzene rings is 2. The number of nitrogens with zero attached hydrogens (tertiary/aromatic N) is 1. The number of carbonyl (C=O) groups excluding carboxylic acids is 2. The third-order valence-corrected chi connectivity index (χ3v) is 4.19. The van der Waals surface area contributed by atoms with Crippen LogP contribution in [-0.2, 0) is 22.4 Å². The lowest BCUT2D eigenvalue weighted by molar-refractivity contribution is -0.114. The van der Waals surface area contributed by atoms with Crippen LogP contribution in [0, 0.1) is 11.3 Å². The van der Waals surface area contributed by atoms with E-state index >= 15 is 0 Å². The highest BCUT2D eigenvalue weighted by molar-refractivity contribution is 6.06. The molecular weight excluding hydrogens is 352 g/mol. The van der Waals surface area contributed by atoms with E-state index in [1.165, 1.54) is 13.1 Å². The molecule has 2 aromatic rings. The Kier molecular flexibility index (Phi) is 7.35. The van der Waals surface area contributed by atoms with E-state index in [-0.39, 0.29) is 11.5 Å². The van der Waals surface area contributed by atoms with Crippen molar-refractivity contribution in [3.63, 3.8) is 0 Å². The van der Waals surface area contributed by atoms with Gasteiger partial charge in [-0.3, -0.25) is 9.59 Å². The molecule has 6 nitrogen and oxygen atoms in total. The number of nitrogens with one attached hydrogen (secondary N) is 3. The normalized spacial score (nSPS) is 10.7. The van der Waals surface area contributed by atoms with Gasteiger partial charge in [0, 0.05) is 30.2 Å². The molecule has 0 saturated heterocycles. The van der Waals surface area contributed by atoms with Crippen molar-refractivity contribution in [3.8, 4) is 6.07 Å². The van der Waals surface area contributed by atoms with Crippen molar-refractivity contribution in [1.29, 1.82) is 5.26 Å². The fourth-order valence-electron chi connectivity index (χ4n) is 2.76. The van der Waals surface area contributed by atoms with Gasteiger partial charge in [0.25, 0.3) is 5.91 Å². The number of para-hydroxylation sites is 1. The zero-order chi connectivity index (χ0) is 20.5. The van der Waals surface area contributed by atoms with E-state index in [4.69, 9.17) is 0 Å². The average Bonchev–Trinajstić information content (AvgIpc) is 2.69. The van der Waals surface area contributed by atoms with E-state index in [1.54, 1.807) is 24.3 Å². The van der Waals surface area contributed by atoms with Crippen LogP contribution in [0.5, 0.6) is 0 Å². The van der Waals surface area contributed by atoms with Crippen molar-refractivity contribution < 1.29 is 9.59 Å². The molecule has 144 valence electrons. The van der Waals surface area contributed by atoms with Gasteiger partial charge in [0.1, 0.15) is 11.6 Å². The van der Waals surface area contributed by atoms with Crippen LogP contribution in [-0.4, -0.2) is 11.8 Å². The molecule has 0 atom stereocenters. The maximum atomic E-state index is 12.4. The van der Waals surface area contributed by atoms with Gasteiger partial charge in [-0.25, -0.2) is 0 Å². The van der Waals surface area contributed by atoms with Crippen molar-refractivity contribution in [2.24, 2.45) is 0 Å². The first-order valence-electron chi connectivity index (χ1n) is 9.15. The topological polar surface area (TPSA) is 94.0 Å². The van der Waals surface area contributed by atoms with Crippen molar-refractivity contribution in [1.82, 2.24) is 0 Å². The minimum absolute atomic E-state index is 0.0288. The highest BCUT2D eigenvalue weighted by Gasteiger charge is 2.11. The Labute approximate surface area is 165 Å². The van der Waals surface area contributed by atoms with E-state index in [1.807, 2.05) is 24.3 Å². The highest BCUT2D eigenvalue weighted by atomic mass is 16.2. The molecule has 28 heavy (non-hydrogen) atoms. The van der Waals surface area contributed by atoms with Crippen molar-refractivity contribution in [3.05, 3.63) is 65.4 Å². The molecule has 2 aromatic carbocycles. The standard InChI is InChI=1S/C22H24N4O2/c1-4-16-7-6-8-17(5-2)21(16)24-14-18(13-23)22(28)26-20-11-9-19(10-12-20)25-15(3)27/h6-12,14,24H,4-5H2,1-3H3,(H,25,27)(H,26,28)/b18-14-. The van der Waals surface area contributed by atoms with Gasteiger partial charge in [-0.1, -0.05) is 32.0 Å². The number of hydrogen-bond acceptors (Lipinski definition) is 4. The molecule has 0 aromatic heterocycles. The largest absolute Gasteiger partial charge is 0.360 e. The van der Waals surface area contributed by atoms with Crippen LogP contribution < -0.4 is 16.0 Å². The van der Waals surface area contributed by atoms with Crippen LogP contribution >= 0.6 is 0 Å². The second-order valence-corrected chi connectivity index (χ2v) is 6.19. The van der Waals surface area contributed by atoms with Crippen LogP contribution in [0.1, 0.15) is 31.9 Å². The van der Waals surface area contributed by atoms with Gasteiger partial charge in [-0.2, -0.15) is 5.26 Å². The zero-order valence-electron chi connectivity index (χ0n) is 16.3. The Balaban J connectivity index is 2.14. The van der Waals surface area contributed by atoms with Gasteiger partial charge in [-0.05, 0) is 48.2 Å². The fourth-order valence-corrected chi connectivity index (χ4v) is 2.76. The van der Waals surface area contributed by atoms with Crippen molar-refractivity contribution >= 4 is 28.9 Å². The van der Waals surface area contributed by atoms with Gasteiger partial charge in [0.15, 0.2) is 0 Å². The maximum absolute atomic E-state index is 12.4. The summed E-state index contributed by atoms with van der Waals surface area (Å²) in [4.78, 5) is 23.5. The van der Waals surface area contributed by atoms with Gasteiger partial charge < -0.3 is 16.0 Å². The van der Waals surface area contributed by atoms with Crippen LogP contribution in [0.2, 0.25) is 0 Å². The van der Waals surface area contributed by atoms with E-state index < -0.39 is 5.91 Å². The number of aryl methyl sites for hydroxylation is 2. The molecule has 3 N–H and O–H groups in total. The molecule has 0 aliphatic carbocycles. The lowest BCUT2D eigenvalue weighted by atomic mass is 10.0. The molecule has 0 heterocycles. The summed E-state index contributed by atoms with van der Waals surface area (Å²) >= 11 is 0. The molecule has 2 amide bonds. The second kappa shape index (κ2) is 9.93. The Morgan fingerprint density at radius 1 is 0.964 bits per heavy atom. The van der Waals surface area contributed by atoms with Gasteiger partial charge in [0.2, 0.25) is 5.91 Å². The molecule has 2 rings (SSSR count). The van der Waals surface area contributed by atoms with Crippen LogP contribution in [0.4, 0.5) is 17.1 Å². The Hall–Kier alpha value is -3.59. The number of amides is 2. The summed E-state index contributed by atoms with van der Waals surface area (Å²) in [5.41, 5.74) is 4.32. The molecule has 0 unspecified atom stereocenters. The van der Waals surface area contributed by atoms with Crippen LogP contribution in [0.25, 0.3) is 0 Å². The van der Waals surface area contributed by atoms with E-state index in [0.717, 1.165) is 29.7 Å². The summed E-state index contributed by atoms with van der Waals surface area (Å²) < 4.78 is 0. The second-order valence-electron chi connectivity index (χ2n) is 6.19. The van der Waals surface area contributed by atoms with Crippen LogP contribution in [0.15, 0.2) is 54.2 Å². The minimum Gasteiger partial charge on any atom is -0.360 e. The molecule has 6 heteroatoms. The number of carbonyl (C=O) groups is 2. The van der Waals surface area contributed by atoms with E-state index in [0.29, 0.717) is 11.4 Å². The quantitative estimate of drug-likeness (QED) is 0.498. The minimum atomic E-state index is -0.505. The van der Waals surface area contributed by atoms with E-state index in [2.05, 4.69) is 29.8 Å². The van der Waals surface area contributed by atoms with Crippen molar-refractivity contribution in [2.45, 2.75) is 33.6 Å². The molecule has 0 aliphatic heterocycles. The van der Waals surface area contributed by atoms with Crippen LogP contribution in [0.3, 0.4) is 0 Å². The van der Waals surface area contributed by atoms with E-state index in [9.17, 15) is 14.9 Å². The van der Waals surface area contributed by atoms with Gasteiger partial charge in [-0.15, -0.1) is 0 Å². The van der Waals surface area contributed by atoms with Gasteiger partial charge >= 0.3 is 0 Å². The third kappa shape index (κ3) is 5.45. The summed E-state index contributed by atoms with van der Waals surface area (Å²) in [7, 11) is 0. The first-order chi connectivity index (χ1) is 13.5. The van der Waals surface area contributed by atoms with Gasteiger partial charge in [0.05, 0.1) is 0 Å². The fraction of sp³-hybridized carbons (Fsp3) is 0.227. The smallest absolute Gasteiger partial charge is 0.267 e. The summed E-state index contributed by atoms with van der Waals surface area (Å²) in [6, 6.07) is 14.7. The first-order valence-corrected chi connectivity index (χ1v) is 9.15. The lowest BCUT2D eigenvalue weighted by Crippen LogP contribution is -2.15. The molecule has 0 spiro atoms. The third-order valence-electron chi connectivity index (χ3n) is 4.19. The maximum Gasteiger partial charge on any atom is 0.267 e. The summed E-state index contributed by atoms with van der Waals surface area (Å²) in [5.74, 6) is -0.675. The highest BCUT2D eigenvalue weighted by Crippen LogP contribution is 2.23. The molecule has 0 aliphatic rings. The van der Waals surface area contributed by atoms with Crippen molar-refractivity contribution in [2.75, 3.05) is 16.0 Å². The summed E-state index contributed by atoms with van der Waals surface area (Å²) in [6.45, 7) is 5.55. The SMILES string of the molecule is CCc1cccc(CC)c1N/C=C(/C#N)C(=O)Nc1ccc(NC(C)=O)cc1. The summed E-state index contributed by atoms with van der Waals surface area (Å²) in [6.07, 6.45) is 3.13. The molecule has 0 fully saturated rings. The zero-order valence-corrected chi connectivity index (χ0v) is 16.3. The lowest BCUT2D eigenvalue weighted by Gasteiger charge is -2.13. The molecule has 0 saturated carbocycles. The number of hydrogen-bond donors (Lipinski definition) is 3. The molecular formula is C22H24N4O2. The summed E-state index contributed by atoms with van der Waals surface area (Å²) in [5, 5.41) is 17.9. The first kappa shape index (κ1) is 20.7. The Morgan fingerprint density at radius 2 is 1.50 bits per heavy atom. The average molecular weight is 376 g/mol. The number of rotatable bonds is 7. The Morgan fingerprint density at radius 3 is 1.96 bits per heavy atom. The monoisotopic (exact) mass is 376 g/mol. The molecule has 0 radical (unpaired) electrons. The predicted octanol–water partition coefficient (Wildman–Crippen LogP) is 4.23. The number of nitriles is 1.